The van der Waals surface area contributed by atoms with Crippen LogP contribution in [-0.2, 0) is 10.0 Å². The van der Waals surface area contributed by atoms with Crippen molar-refractivity contribution in [2.24, 2.45) is 0 Å². The molecule has 18 heavy (non-hydrogen) atoms. The Balaban J connectivity index is 2.47. The molecule has 0 spiro atoms. The molecule has 3 N–H and O–H groups in total. The fourth-order valence-electron chi connectivity index (χ4n) is 2.17. The molecule has 1 fully saturated rings. The molecule has 0 radical (unpaired) electrons. The Kier molecular flexibility index (Phi) is 2.92. The van der Waals surface area contributed by atoms with E-state index in [2.05, 4.69) is 0 Å². The van der Waals surface area contributed by atoms with Crippen LogP contribution in [0.25, 0.3) is 0 Å². The van der Waals surface area contributed by atoms with E-state index in [0.29, 0.717) is 5.56 Å². The molecule has 0 bridgehead atoms. The highest BCUT2D eigenvalue weighted by atomic mass is 32.2. The van der Waals surface area contributed by atoms with Crippen molar-refractivity contribution in [3.63, 3.8) is 0 Å². The molecule has 1 aliphatic rings. The van der Waals surface area contributed by atoms with Crippen LogP contribution >= 0.6 is 0 Å². The first-order valence-electron chi connectivity index (χ1n) is 5.73. The number of benzene rings is 1. The third kappa shape index (κ3) is 2.00. The summed E-state index contributed by atoms with van der Waals surface area (Å²) in [5, 5.41) is 9.65. The van der Waals surface area contributed by atoms with Crippen molar-refractivity contribution in [1.82, 2.24) is 4.31 Å². The Labute approximate surface area is 107 Å². The van der Waals surface area contributed by atoms with Crippen LogP contribution in [0, 0.1) is 13.8 Å². The van der Waals surface area contributed by atoms with Gasteiger partial charge in [-0.1, -0.05) is 6.07 Å². The van der Waals surface area contributed by atoms with E-state index < -0.39 is 15.6 Å². The summed E-state index contributed by atoms with van der Waals surface area (Å²) in [5.41, 5.74) is 6.67. The third-order valence-electron chi connectivity index (χ3n) is 3.34. The summed E-state index contributed by atoms with van der Waals surface area (Å²) in [6, 6.07) is 3.41. The lowest BCUT2D eigenvalue weighted by Gasteiger charge is -2.43. The molecule has 100 valence electrons. The van der Waals surface area contributed by atoms with Crippen LogP contribution in [0.2, 0.25) is 0 Å². The van der Waals surface area contributed by atoms with Gasteiger partial charge in [0, 0.05) is 13.1 Å². The van der Waals surface area contributed by atoms with Gasteiger partial charge in [-0.05, 0) is 38.0 Å². The quantitative estimate of drug-likeness (QED) is 0.773. The predicted octanol–water partition coefficient (Wildman–Crippen LogP) is 0.641. The first-order chi connectivity index (χ1) is 8.15. The molecule has 1 aromatic carbocycles. The number of rotatable bonds is 2. The summed E-state index contributed by atoms with van der Waals surface area (Å²) in [4.78, 5) is 0.165. The van der Waals surface area contributed by atoms with Gasteiger partial charge in [0.15, 0.2) is 0 Å². The number of nitrogen functional groups attached to an aromatic ring is 1. The minimum absolute atomic E-state index is 0.113. The van der Waals surface area contributed by atoms with Gasteiger partial charge in [0.2, 0.25) is 10.0 Å². The normalized spacial score (nSPS) is 19.6. The van der Waals surface area contributed by atoms with Crippen molar-refractivity contribution in [1.29, 1.82) is 0 Å². The zero-order valence-electron chi connectivity index (χ0n) is 10.8. The number of nitrogens with two attached hydrogens (primary N) is 1. The SMILES string of the molecule is Cc1ccc(N)c(S(=O)(=O)N2CC(C)(O)C2)c1C. The van der Waals surface area contributed by atoms with Gasteiger partial charge in [0.1, 0.15) is 4.90 Å². The number of β-amino-alcohol motifs (C(OH)–C–C–N with tert-alkyl or cyclic N) is 1. The Morgan fingerprint density at radius 2 is 1.89 bits per heavy atom. The zero-order chi connectivity index (χ0) is 13.7. The third-order valence-corrected chi connectivity index (χ3v) is 5.33. The van der Waals surface area contributed by atoms with Crippen LogP contribution in [0.4, 0.5) is 5.69 Å². The van der Waals surface area contributed by atoms with Gasteiger partial charge in [-0.25, -0.2) is 8.42 Å². The van der Waals surface area contributed by atoms with Crippen LogP contribution in [-0.4, -0.2) is 36.5 Å². The second-order valence-corrected chi connectivity index (χ2v) is 7.07. The number of hydrogen-bond donors (Lipinski definition) is 2. The number of anilines is 1. The molecule has 0 unspecified atom stereocenters. The lowest BCUT2D eigenvalue weighted by molar-refractivity contribution is -0.0426. The molecular weight excluding hydrogens is 252 g/mol. The average Bonchev–Trinajstić information content (AvgIpc) is 2.20. The monoisotopic (exact) mass is 270 g/mol. The van der Waals surface area contributed by atoms with Crippen LogP contribution in [0.15, 0.2) is 17.0 Å². The summed E-state index contributed by atoms with van der Waals surface area (Å²) in [6.07, 6.45) is 0. The number of aryl methyl sites for hydroxylation is 1. The van der Waals surface area contributed by atoms with E-state index in [1.54, 1.807) is 26.0 Å². The molecule has 0 atom stereocenters. The van der Waals surface area contributed by atoms with E-state index in [4.69, 9.17) is 5.73 Å². The summed E-state index contributed by atoms with van der Waals surface area (Å²) in [6.45, 7) is 5.44. The molecule has 2 rings (SSSR count). The Bertz CT molecular complexity index is 586. The second kappa shape index (κ2) is 3.94. The van der Waals surface area contributed by atoms with E-state index in [1.165, 1.54) is 4.31 Å². The molecule has 0 amide bonds. The molecule has 5 nitrogen and oxygen atoms in total. The molecule has 1 aliphatic heterocycles. The van der Waals surface area contributed by atoms with Gasteiger partial charge in [0.25, 0.3) is 0 Å². The lowest BCUT2D eigenvalue weighted by atomic mass is 10.0. The standard InChI is InChI=1S/C12H18N2O3S/c1-8-4-5-10(13)11(9(8)2)18(16,17)14-6-12(3,15)7-14/h4-5,15H,6-7,13H2,1-3H3. The minimum atomic E-state index is -3.61. The number of sulfonamides is 1. The largest absolute Gasteiger partial charge is 0.398 e. The summed E-state index contributed by atoms with van der Waals surface area (Å²) < 4.78 is 26.1. The van der Waals surface area contributed by atoms with Crippen LogP contribution < -0.4 is 5.73 Å². The van der Waals surface area contributed by atoms with Crippen molar-refractivity contribution >= 4 is 15.7 Å². The average molecular weight is 270 g/mol. The van der Waals surface area contributed by atoms with Crippen molar-refractivity contribution in [2.75, 3.05) is 18.8 Å². The lowest BCUT2D eigenvalue weighted by Crippen LogP contribution is -2.61. The fraction of sp³-hybridized carbons (Fsp3) is 0.500. The fourth-order valence-corrected chi connectivity index (χ4v) is 4.23. The number of aliphatic hydroxyl groups is 1. The maximum absolute atomic E-state index is 12.4. The van der Waals surface area contributed by atoms with E-state index in [-0.39, 0.29) is 23.7 Å². The van der Waals surface area contributed by atoms with E-state index in [0.717, 1.165) is 5.56 Å². The Morgan fingerprint density at radius 1 is 1.33 bits per heavy atom. The molecule has 0 aromatic heterocycles. The topological polar surface area (TPSA) is 83.6 Å². The maximum Gasteiger partial charge on any atom is 0.245 e. The van der Waals surface area contributed by atoms with Crippen LogP contribution in [0.1, 0.15) is 18.1 Å². The summed E-state index contributed by atoms with van der Waals surface area (Å²) in [7, 11) is -3.61. The Morgan fingerprint density at radius 3 is 2.39 bits per heavy atom. The number of hydrogen-bond acceptors (Lipinski definition) is 4. The highest BCUT2D eigenvalue weighted by molar-refractivity contribution is 7.89. The summed E-state index contributed by atoms with van der Waals surface area (Å²) >= 11 is 0. The van der Waals surface area contributed by atoms with Gasteiger partial charge < -0.3 is 10.8 Å². The molecule has 1 heterocycles. The predicted molar refractivity (Wildman–Crippen MR) is 69.7 cm³/mol. The smallest absolute Gasteiger partial charge is 0.245 e. The maximum atomic E-state index is 12.4. The van der Waals surface area contributed by atoms with E-state index in [1.807, 2.05) is 6.92 Å². The highest BCUT2D eigenvalue weighted by Gasteiger charge is 2.44. The first kappa shape index (κ1) is 13.3. The molecule has 6 heteroatoms. The first-order valence-corrected chi connectivity index (χ1v) is 7.17. The molecule has 1 saturated heterocycles. The highest BCUT2D eigenvalue weighted by Crippen LogP contribution is 2.33. The van der Waals surface area contributed by atoms with Crippen molar-refractivity contribution < 1.29 is 13.5 Å². The van der Waals surface area contributed by atoms with Crippen molar-refractivity contribution in [3.05, 3.63) is 23.3 Å². The zero-order valence-corrected chi connectivity index (χ0v) is 11.6. The second-order valence-electron chi connectivity index (χ2n) is 5.20. The molecule has 0 aliphatic carbocycles. The van der Waals surface area contributed by atoms with Crippen LogP contribution in [0.5, 0.6) is 0 Å². The van der Waals surface area contributed by atoms with Gasteiger partial charge in [-0.15, -0.1) is 0 Å². The Hall–Kier alpha value is -1.11. The number of nitrogens with zero attached hydrogens (tertiary/aromatic N) is 1. The molecule has 1 aromatic rings. The van der Waals surface area contributed by atoms with Gasteiger partial charge in [-0.3, -0.25) is 0 Å². The molecular formula is C12H18N2O3S. The summed E-state index contributed by atoms with van der Waals surface area (Å²) in [5.74, 6) is 0. The van der Waals surface area contributed by atoms with Gasteiger partial charge in [-0.2, -0.15) is 4.31 Å². The van der Waals surface area contributed by atoms with Gasteiger partial charge >= 0.3 is 0 Å². The minimum Gasteiger partial charge on any atom is -0.398 e. The van der Waals surface area contributed by atoms with Crippen LogP contribution in [0.3, 0.4) is 0 Å². The van der Waals surface area contributed by atoms with E-state index >= 15 is 0 Å². The van der Waals surface area contributed by atoms with Crippen molar-refractivity contribution in [3.8, 4) is 0 Å². The molecule has 0 saturated carbocycles. The van der Waals surface area contributed by atoms with E-state index in [9.17, 15) is 13.5 Å². The van der Waals surface area contributed by atoms with Crippen molar-refractivity contribution in [2.45, 2.75) is 31.3 Å². The van der Waals surface area contributed by atoms with Gasteiger partial charge in [0.05, 0.1) is 11.3 Å².